The van der Waals surface area contributed by atoms with Crippen molar-refractivity contribution in [3.05, 3.63) is 29.1 Å². The van der Waals surface area contributed by atoms with E-state index < -0.39 is 34.8 Å². The summed E-state index contributed by atoms with van der Waals surface area (Å²) in [6.45, 7) is 2.30. The highest BCUT2D eigenvalue weighted by Crippen LogP contribution is 2.31. The van der Waals surface area contributed by atoms with E-state index >= 15 is 0 Å². The first-order valence-corrected chi connectivity index (χ1v) is 6.67. The van der Waals surface area contributed by atoms with Gasteiger partial charge in [0.25, 0.3) is 0 Å². The van der Waals surface area contributed by atoms with Gasteiger partial charge in [0.1, 0.15) is 5.69 Å². The van der Waals surface area contributed by atoms with Gasteiger partial charge in [0.2, 0.25) is 5.82 Å². The van der Waals surface area contributed by atoms with Crippen molar-refractivity contribution in [1.82, 2.24) is 0 Å². The summed E-state index contributed by atoms with van der Waals surface area (Å²) in [6.07, 6.45) is 3.92. The zero-order valence-electron chi connectivity index (χ0n) is 11.1. The molecule has 20 heavy (non-hydrogen) atoms. The molecule has 1 aromatic carbocycles. The van der Waals surface area contributed by atoms with Gasteiger partial charge < -0.3 is 5.32 Å². The zero-order valence-corrected chi connectivity index (χ0v) is 11.1. The number of hydrogen-bond donors (Lipinski definition) is 1. The van der Waals surface area contributed by atoms with E-state index in [0.29, 0.717) is 5.92 Å². The van der Waals surface area contributed by atoms with Crippen molar-refractivity contribution >= 4 is 5.69 Å². The second kappa shape index (κ2) is 5.97. The average Bonchev–Trinajstić information content (AvgIpc) is 2.43. The summed E-state index contributed by atoms with van der Waals surface area (Å²) in [5.41, 5.74) is -0.931. The van der Waals surface area contributed by atoms with Crippen LogP contribution < -0.4 is 5.32 Å². The molecule has 0 aromatic heterocycles. The largest absolute Gasteiger partial charge is 0.380 e. The highest BCUT2D eigenvalue weighted by atomic mass is 19.2. The number of hydrogen-bond acceptors (Lipinski definition) is 1. The van der Waals surface area contributed by atoms with Crippen LogP contribution in [0.4, 0.5) is 27.6 Å². The van der Waals surface area contributed by atoms with Crippen LogP contribution in [0.5, 0.6) is 0 Å². The second-order valence-electron chi connectivity index (χ2n) is 5.46. The van der Waals surface area contributed by atoms with Crippen LogP contribution in [0.3, 0.4) is 0 Å². The van der Waals surface area contributed by atoms with Gasteiger partial charge in [-0.1, -0.05) is 19.8 Å². The number of benzene rings is 1. The van der Waals surface area contributed by atoms with E-state index in [2.05, 4.69) is 12.2 Å². The molecule has 0 saturated heterocycles. The van der Waals surface area contributed by atoms with E-state index in [0.717, 1.165) is 25.7 Å². The van der Waals surface area contributed by atoms with Crippen molar-refractivity contribution in [2.24, 2.45) is 11.8 Å². The second-order valence-corrected chi connectivity index (χ2v) is 5.46. The molecule has 2 rings (SSSR count). The smallest absolute Gasteiger partial charge is 0.200 e. The first-order chi connectivity index (χ1) is 9.41. The molecule has 1 N–H and O–H groups in total. The molecule has 1 nitrogen and oxygen atoms in total. The van der Waals surface area contributed by atoms with Crippen molar-refractivity contribution in [2.75, 3.05) is 11.9 Å². The summed E-state index contributed by atoms with van der Waals surface area (Å²) in [5, 5.41) is 2.38. The van der Waals surface area contributed by atoms with Gasteiger partial charge in [-0.15, -0.1) is 0 Å². The Morgan fingerprint density at radius 3 is 2.00 bits per heavy atom. The molecule has 2 atom stereocenters. The molecule has 2 unspecified atom stereocenters. The maximum Gasteiger partial charge on any atom is 0.200 e. The SMILES string of the molecule is CC1CCCC(CNc2c(F)c(F)c(F)c(F)c2F)C1. The number of halogens is 5. The summed E-state index contributed by atoms with van der Waals surface area (Å²) in [6, 6.07) is 0. The van der Waals surface area contributed by atoms with E-state index in [1.165, 1.54) is 0 Å². The van der Waals surface area contributed by atoms with Crippen molar-refractivity contribution in [2.45, 2.75) is 32.6 Å². The van der Waals surface area contributed by atoms with Gasteiger partial charge in [0, 0.05) is 6.54 Å². The Kier molecular flexibility index (Phi) is 4.50. The van der Waals surface area contributed by atoms with Crippen LogP contribution in [0.15, 0.2) is 0 Å². The Morgan fingerprint density at radius 1 is 0.900 bits per heavy atom. The maximum absolute atomic E-state index is 13.5. The molecule has 1 fully saturated rings. The molecule has 0 amide bonds. The Morgan fingerprint density at radius 2 is 1.45 bits per heavy atom. The molecule has 1 aliphatic rings. The van der Waals surface area contributed by atoms with E-state index in [1.54, 1.807) is 0 Å². The Hall–Kier alpha value is -1.33. The summed E-state index contributed by atoms with van der Waals surface area (Å²) in [4.78, 5) is 0. The number of rotatable bonds is 3. The standard InChI is InChI=1S/C14H16F5N/c1-7-3-2-4-8(5-7)6-20-14-12(18)10(16)9(15)11(17)13(14)19/h7-8,20H,2-6H2,1H3. The van der Waals surface area contributed by atoms with E-state index in [4.69, 9.17) is 0 Å². The van der Waals surface area contributed by atoms with Crippen LogP contribution in [-0.2, 0) is 0 Å². The quantitative estimate of drug-likeness (QED) is 0.487. The minimum Gasteiger partial charge on any atom is -0.380 e. The van der Waals surface area contributed by atoms with Crippen LogP contribution in [0, 0.1) is 40.9 Å². The predicted molar refractivity (Wildman–Crippen MR) is 65.8 cm³/mol. The molecule has 1 saturated carbocycles. The third-order valence-electron chi connectivity index (χ3n) is 3.82. The van der Waals surface area contributed by atoms with E-state index in [-0.39, 0.29) is 12.5 Å². The molecule has 1 aliphatic carbocycles. The van der Waals surface area contributed by atoms with Crippen molar-refractivity contribution < 1.29 is 22.0 Å². The molecule has 0 heterocycles. The van der Waals surface area contributed by atoms with Crippen LogP contribution >= 0.6 is 0 Å². The molecular formula is C14H16F5N. The van der Waals surface area contributed by atoms with Gasteiger partial charge in [-0.25, -0.2) is 22.0 Å². The average molecular weight is 293 g/mol. The lowest BCUT2D eigenvalue weighted by molar-refractivity contribution is 0.292. The third kappa shape index (κ3) is 2.88. The van der Waals surface area contributed by atoms with Gasteiger partial charge >= 0.3 is 0 Å². The van der Waals surface area contributed by atoms with Crippen molar-refractivity contribution in [3.8, 4) is 0 Å². The zero-order chi connectivity index (χ0) is 14.9. The van der Waals surface area contributed by atoms with Gasteiger partial charge in [-0.05, 0) is 24.7 Å². The summed E-state index contributed by atoms with van der Waals surface area (Å²) in [7, 11) is 0. The fraction of sp³-hybridized carbons (Fsp3) is 0.571. The molecule has 0 radical (unpaired) electrons. The van der Waals surface area contributed by atoms with E-state index in [1.807, 2.05) is 0 Å². The maximum atomic E-state index is 13.5. The van der Waals surface area contributed by atoms with Crippen LogP contribution in [0.25, 0.3) is 0 Å². The van der Waals surface area contributed by atoms with Crippen LogP contribution in [0.1, 0.15) is 32.6 Å². The molecule has 6 heteroatoms. The molecule has 0 spiro atoms. The minimum atomic E-state index is -2.13. The number of nitrogens with one attached hydrogen (secondary N) is 1. The first kappa shape index (κ1) is 15.1. The summed E-state index contributed by atoms with van der Waals surface area (Å²) in [5.74, 6) is -8.85. The molecular weight excluding hydrogens is 277 g/mol. The van der Waals surface area contributed by atoms with Gasteiger partial charge in [-0.2, -0.15) is 0 Å². The fourth-order valence-corrected chi connectivity index (χ4v) is 2.75. The normalized spacial score (nSPS) is 22.9. The first-order valence-electron chi connectivity index (χ1n) is 6.67. The highest BCUT2D eigenvalue weighted by Gasteiger charge is 2.26. The van der Waals surface area contributed by atoms with Crippen LogP contribution in [0.2, 0.25) is 0 Å². The Balaban J connectivity index is 2.13. The monoisotopic (exact) mass is 293 g/mol. The van der Waals surface area contributed by atoms with Crippen LogP contribution in [-0.4, -0.2) is 6.54 Å². The van der Waals surface area contributed by atoms with Crippen molar-refractivity contribution in [3.63, 3.8) is 0 Å². The third-order valence-corrected chi connectivity index (χ3v) is 3.82. The predicted octanol–water partition coefficient (Wildman–Crippen LogP) is 4.62. The Bertz CT molecular complexity index is 474. The minimum absolute atomic E-state index is 0.189. The topological polar surface area (TPSA) is 12.0 Å². The lowest BCUT2D eigenvalue weighted by Crippen LogP contribution is -2.22. The van der Waals surface area contributed by atoms with Crippen molar-refractivity contribution in [1.29, 1.82) is 0 Å². The summed E-state index contributed by atoms with van der Waals surface area (Å²) < 4.78 is 65.8. The van der Waals surface area contributed by atoms with Gasteiger partial charge in [-0.3, -0.25) is 0 Å². The van der Waals surface area contributed by atoms with Gasteiger partial charge in [0.05, 0.1) is 0 Å². The molecule has 0 aliphatic heterocycles. The Labute approximate surface area is 114 Å². The highest BCUT2D eigenvalue weighted by molar-refractivity contribution is 5.47. The summed E-state index contributed by atoms with van der Waals surface area (Å²) >= 11 is 0. The number of anilines is 1. The van der Waals surface area contributed by atoms with E-state index in [9.17, 15) is 22.0 Å². The lowest BCUT2D eigenvalue weighted by atomic mass is 9.82. The molecule has 0 bridgehead atoms. The van der Waals surface area contributed by atoms with Gasteiger partial charge in [0.15, 0.2) is 23.3 Å². The fourth-order valence-electron chi connectivity index (χ4n) is 2.75. The molecule has 112 valence electrons. The molecule has 1 aromatic rings. The lowest BCUT2D eigenvalue weighted by Gasteiger charge is -2.27.